The summed E-state index contributed by atoms with van der Waals surface area (Å²) in [5.41, 5.74) is 1.23. The number of nitrogens with zero attached hydrogens (tertiary/aromatic N) is 2. The van der Waals surface area contributed by atoms with Gasteiger partial charge in [-0.15, -0.1) is 0 Å². The quantitative estimate of drug-likeness (QED) is 0.387. The highest BCUT2D eigenvalue weighted by Crippen LogP contribution is 2.17. The number of ether oxygens (including phenoxy) is 2. The smallest absolute Gasteiger partial charge is 0.408 e. The Hall–Kier alpha value is -3.53. The molecule has 0 bridgehead atoms. The lowest BCUT2D eigenvalue weighted by Crippen LogP contribution is -2.52. The van der Waals surface area contributed by atoms with Crippen molar-refractivity contribution in [3.05, 3.63) is 65.7 Å². The molecule has 0 fully saturated rings. The van der Waals surface area contributed by atoms with Gasteiger partial charge in [0.1, 0.15) is 30.0 Å². The van der Waals surface area contributed by atoms with Crippen LogP contribution in [0, 0.1) is 11.3 Å². The van der Waals surface area contributed by atoms with Crippen molar-refractivity contribution in [2.24, 2.45) is 0 Å². The second kappa shape index (κ2) is 14.1. The monoisotopic (exact) mass is 493 g/mol. The molecule has 0 saturated carbocycles. The minimum atomic E-state index is -0.872. The average Bonchev–Trinajstić information content (AvgIpc) is 2.84. The van der Waals surface area contributed by atoms with Crippen molar-refractivity contribution in [2.75, 3.05) is 7.05 Å². The Bertz CT molecular complexity index is 994. The molecular weight excluding hydrogens is 454 g/mol. The summed E-state index contributed by atoms with van der Waals surface area (Å²) in [5, 5.41) is 12.4. The molecule has 7 heteroatoms. The summed E-state index contributed by atoms with van der Waals surface area (Å²) in [6.45, 7) is 7.85. The molecule has 194 valence electrons. The fraction of sp³-hybridized carbons (Fsp3) is 0.483. The molecule has 2 atom stereocenters. The molecule has 0 heterocycles. The highest BCUT2D eigenvalue weighted by Gasteiger charge is 2.30. The average molecular weight is 494 g/mol. The van der Waals surface area contributed by atoms with E-state index in [0.717, 1.165) is 30.4 Å². The summed E-state index contributed by atoms with van der Waals surface area (Å²) in [4.78, 5) is 27.3. The standard InChI is InChI=1S/C29H39N3O4/c1-6-7-9-14-24(20-30)32(5)27(33)26(31-28(34)36-29(2,3)4)19-22-15-17-25(18-16-22)35-21-23-12-10-8-11-13-23/h8,10-13,15-18,24,26H,6-7,9,14,19,21H2,1-5H3,(H,31,34). The van der Waals surface area contributed by atoms with E-state index < -0.39 is 23.8 Å². The van der Waals surface area contributed by atoms with Crippen LogP contribution in [0.5, 0.6) is 5.75 Å². The molecule has 0 aliphatic heterocycles. The van der Waals surface area contributed by atoms with E-state index in [1.807, 2.05) is 54.6 Å². The third-order valence-corrected chi connectivity index (χ3v) is 5.65. The van der Waals surface area contributed by atoms with Crippen LogP contribution in [0.25, 0.3) is 0 Å². The molecular formula is C29H39N3O4. The maximum Gasteiger partial charge on any atom is 0.408 e. The number of hydrogen-bond donors (Lipinski definition) is 1. The molecule has 0 saturated heterocycles. The fourth-order valence-electron chi connectivity index (χ4n) is 3.68. The zero-order chi connectivity index (χ0) is 26.6. The molecule has 2 rings (SSSR count). The maximum atomic E-state index is 13.4. The number of amides is 2. The number of rotatable bonds is 12. The Balaban J connectivity index is 2.11. The van der Waals surface area contributed by atoms with Crippen LogP contribution in [-0.4, -0.2) is 41.6 Å². The van der Waals surface area contributed by atoms with Crippen molar-refractivity contribution >= 4 is 12.0 Å². The summed E-state index contributed by atoms with van der Waals surface area (Å²) in [7, 11) is 1.62. The summed E-state index contributed by atoms with van der Waals surface area (Å²) in [6, 6.07) is 18.1. The van der Waals surface area contributed by atoms with E-state index in [1.165, 1.54) is 4.90 Å². The zero-order valence-electron chi connectivity index (χ0n) is 22.1. The molecule has 7 nitrogen and oxygen atoms in total. The summed E-state index contributed by atoms with van der Waals surface area (Å²) in [5.74, 6) is 0.386. The van der Waals surface area contributed by atoms with Crippen LogP contribution >= 0.6 is 0 Å². The highest BCUT2D eigenvalue weighted by molar-refractivity contribution is 5.86. The van der Waals surface area contributed by atoms with Crippen LogP contribution in [0.3, 0.4) is 0 Å². The largest absolute Gasteiger partial charge is 0.489 e. The van der Waals surface area contributed by atoms with E-state index in [9.17, 15) is 14.9 Å². The number of carbonyl (C=O) groups excluding carboxylic acids is 2. The van der Waals surface area contributed by atoms with Gasteiger partial charge < -0.3 is 19.7 Å². The van der Waals surface area contributed by atoms with Gasteiger partial charge in [0.05, 0.1) is 6.07 Å². The summed E-state index contributed by atoms with van der Waals surface area (Å²) < 4.78 is 11.2. The minimum absolute atomic E-state index is 0.258. The van der Waals surface area contributed by atoms with Crippen LogP contribution in [0.2, 0.25) is 0 Å². The number of nitrogens with one attached hydrogen (secondary N) is 1. The number of likely N-dealkylation sites (N-methyl/N-ethyl adjacent to an activating group) is 1. The Morgan fingerprint density at radius 1 is 1.03 bits per heavy atom. The number of carbonyl (C=O) groups is 2. The van der Waals surface area contributed by atoms with Gasteiger partial charge in [0.15, 0.2) is 0 Å². The van der Waals surface area contributed by atoms with E-state index in [2.05, 4.69) is 18.3 Å². The number of alkyl carbamates (subject to hydrolysis) is 1. The van der Waals surface area contributed by atoms with Gasteiger partial charge in [-0.1, -0.05) is 68.7 Å². The third-order valence-electron chi connectivity index (χ3n) is 5.65. The molecule has 2 amide bonds. The van der Waals surface area contributed by atoms with Gasteiger partial charge in [-0.3, -0.25) is 4.79 Å². The van der Waals surface area contributed by atoms with Gasteiger partial charge >= 0.3 is 6.09 Å². The van der Waals surface area contributed by atoms with Gasteiger partial charge in [0.25, 0.3) is 0 Å². The molecule has 36 heavy (non-hydrogen) atoms. The van der Waals surface area contributed by atoms with Gasteiger partial charge in [-0.25, -0.2) is 4.79 Å². The van der Waals surface area contributed by atoms with E-state index in [0.29, 0.717) is 18.8 Å². The molecule has 2 aromatic rings. The first-order chi connectivity index (χ1) is 17.1. The predicted molar refractivity (Wildman–Crippen MR) is 140 cm³/mol. The van der Waals surface area contributed by atoms with Gasteiger partial charge in [-0.2, -0.15) is 5.26 Å². The number of benzene rings is 2. The first-order valence-corrected chi connectivity index (χ1v) is 12.5. The Labute approximate surface area is 215 Å². The van der Waals surface area contributed by atoms with Crippen LogP contribution in [0.15, 0.2) is 54.6 Å². The number of unbranched alkanes of at least 4 members (excludes halogenated alkanes) is 2. The first kappa shape index (κ1) is 28.7. The first-order valence-electron chi connectivity index (χ1n) is 12.5. The molecule has 2 unspecified atom stereocenters. The lowest BCUT2D eigenvalue weighted by atomic mass is 10.0. The fourth-order valence-corrected chi connectivity index (χ4v) is 3.68. The summed E-state index contributed by atoms with van der Waals surface area (Å²) in [6.07, 6.45) is 3.08. The number of hydrogen-bond acceptors (Lipinski definition) is 5. The minimum Gasteiger partial charge on any atom is -0.489 e. The second-order valence-corrected chi connectivity index (χ2v) is 9.91. The zero-order valence-corrected chi connectivity index (χ0v) is 22.1. The molecule has 2 aromatic carbocycles. The molecule has 0 aliphatic carbocycles. The van der Waals surface area contributed by atoms with E-state index in [-0.39, 0.29) is 12.3 Å². The Morgan fingerprint density at radius 3 is 2.28 bits per heavy atom. The van der Waals surface area contributed by atoms with Crippen LogP contribution in [-0.2, 0) is 22.6 Å². The van der Waals surface area contributed by atoms with Crippen molar-refractivity contribution in [1.82, 2.24) is 10.2 Å². The molecule has 0 spiro atoms. The number of nitriles is 1. The predicted octanol–water partition coefficient (Wildman–Crippen LogP) is 5.63. The van der Waals surface area contributed by atoms with Crippen LogP contribution in [0.4, 0.5) is 4.79 Å². The molecule has 1 N–H and O–H groups in total. The topological polar surface area (TPSA) is 91.7 Å². The Morgan fingerprint density at radius 2 is 1.69 bits per heavy atom. The SMILES string of the molecule is CCCCCC(C#N)N(C)C(=O)C(Cc1ccc(OCc2ccccc2)cc1)NC(=O)OC(C)(C)C. The van der Waals surface area contributed by atoms with Crippen LogP contribution < -0.4 is 10.1 Å². The van der Waals surface area contributed by atoms with Crippen molar-refractivity contribution in [1.29, 1.82) is 5.26 Å². The molecule has 0 aromatic heterocycles. The van der Waals surface area contributed by atoms with E-state index in [1.54, 1.807) is 27.8 Å². The van der Waals surface area contributed by atoms with Crippen molar-refractivity contribution < 1.29 is 19.1 Å². The van der Waals surface area contributed by atoms with E-state index >= 15 is 0 Å². The highest BCUT2D eigenvalue weighted by atomic mass is 16.6. The van der Waals surface area contributed by atoms with Gasteiger partial charge in [0, 0.05) is 13.5 Å². The second-order valence-electron chi connectivity index (χ2n) is 9.91. The van der Waals surface area contributed by atoms with Crippen molar-refractivity contribution in [3.63, 3.8) is 0 Å². The van der Waals surface area contributed by atoms with Gasteiger partial charge in [0.2, 0.25) is 5.91 Å². The lowest BCUT2D eigenvalue weighted by molar-refractivity contribution is -0.133. The van der Waals surface area contributed by atoms with E-state index in [4.69, 9.17) is 9.47 Å². The van der Waals surface area contributed by atoms with Gasteiger partial charge in [-0.05, 0) is 50.5 Å². The normalized spacial score (nSPS) is 12.7. The maximum absolute atomic E-state index is 13.4. The summed E-state index contributed by atoms with van der Waals surface area (Å²) >= 11 is 0. The lowest BCUT2D eigenvalue weighted by Gasteiger charge is -2.29. The molecule has 0 radical (unpaired) electrons. The van der Waals surface area contributed by atoms with Crippen molar-refractivity contribution in [2.45, 2.75) is 84.1 Å². The third kappa shape index (κ3) is 9.99. The Kier molecular flexibility index (Phi) is 11.3. The molecule has 0 aliphatic rings. The van der Waals surface area contributed by atoms with Crippen molar-refractivity contribution in [3.8, 4) is 11.8 Å². The van der Waals surface area contributed by atoms with Crippen LogP contribution in [0.1, 0.15) is 64.5 Å².